The van der Waals surface area contributed by atoms with E-state index in [2.05, 4.69) is 10.2 Å². The third kappa shape index (κ3) is 4.53. The minimum atomic E-state index is -0.273. The molecule has 1 aromatic carbocycles. The molecule has 0 bridgehead atoms. The second-order valence-corrected chi connectivity index (χ2v) is 6.08. The smallest absolute Gasteiger partial charge is 0.237 e. The summed E-state index contributed by atoms with van der Waals surface area (Å²) < 4.78 is 13.5. The number of nitrogens with zero attached hydrogens (tertiary/aromatic N) is 1. The lowest BCUT2D eigenvalue weighted by molar-refractivity contribution is -0.125. The van der Waals surface area contributed by atoms with E-state index in [1.165, 1.54) is 31.7 Å². The highest BCUT2D eigenvalue weighted by Gasteiger charge is 2.23. The average Bonchev–Trinajstić information content (AvgIpc) is 2.98. The molecule has 4 heteroatoms. The van der Waals surface area contributed by atoms with Crippen LogP contribution in [0.25, 0.3) is 0 Å². The maximum Gasteiger partial charge on any atom is 0.237 e. The van der Waals surface area contributed by atoms with E-state index in [9.17, 15) is 9.18 Å². The van der Waals surface area contributed by atoms with Crippen LogP contribution < -0.4 is 5.32 Å². The van der Waals surface area contributed by atoms with Gasteiger partial charge in [-0.1, -0.05) is 31.0 Å². The quantitative estimate of drug-likeness (QED) is 0.874. The summed E-state index contributed by atoms with van der Waals surface area (Å²) in [6, 6.07) is 6.36. The number of likely N-dealkylation sites (N-methyl/N-ethyl adjacent to an activating group) is 1. The lowest BCUT2D eigenvalue weighted by Crippen LogP contribution is -2.44. The summed E-state index contributed by atoms with van der Waals surface area (Å²) in [4.78, 5) is 14.3. The van der Waals surface area contributed by atoms with E-state index in [0.717, 1.165) is 12.5 Å². The molecule has 0 saturated heterocycles. The number of amides is 1. The van der Waals surface area contributed by atoms with E-state index in [-0.39, 0.29) is 24.3 Å². The fraction of sp³-hybridized carbons (Fsp3) is 0.588. The lowest BCUT2D eigenvalue weighted by Gasteiger charge is -2.26. The zero-order valence-corrected chi connectivity index (χ0v) is 12.9. The number of carbonyl (C=O) groups is 1. The third-order valence-corrected chi connectivity index (χ3v) is 4.47. The van der Waals surface area contributed by atoms with E-state index < -0.39 is 0 Å². The van der Waals surface area contributed by atoms with E-state index >= 15 is 0 Å². The van der Waals surface area contributed by atoms with Crippen molar-refractivity contribution in [3.05, 3.63) is 35.6 Å². The maximum atomic E-state index is 13.5. The summed E-state index contributed by atoms with van der Waals surface area (Å²) in [6.45, 7) is 3.12. The number of hydrogen-bond acceptors (Lipinski definition) is 2. The van der Waals surface area contributed by atoms with Crippen LogP contribution >= 0.6 is 0 Å². The molecule has 0 heterocycles. The first-order valence-electron chi connectivity index (χ1n) is 7.79. The monoisotopic (exact) mass is 292 g/mol. The Labute approximate surface area is 126 Å². The molecule has 0 aliphatic heterocycles. The largest absolute Gasteiger partial charge is 0.351 e. The van der Waals surface area contributed by atoms with Crippen LogP contribution in [0.3, 0.4) is 0 Å². The second-order valence-electron chi connectivity index (χ2n) is 6.08. The molecule has 0 aromatic heterocycles. The Balaban J connectivity index is 1.80. The highest BCUT2D eigenvalue weighted by molar-refractivity contribution is 5.81. The first kappa shape index (κ1) is 16.0. The van der Waals surface area contributed by atoms with Crippen LogP contribution in [0.15, 0.2) is 24.3 Å². The highest BCUT2D eigenvalue weighted by Crippen LogP contribution is 2.25. The molecule has 1 atom stereocenters. The fourth-order valence-electron chi connectivity index (χ4n) is 2.93. The molecule has 1 aliphatic carbocycles. The molecule has 3 nitrogen and oxygen atoms in total. The Morgan fingerprint density at radius 1 is 1.38 bits per heavy atom. The van der Waals surface area contributed by atoms with Crippen LogP contribution in [0.2, 0.25) is 0 Å². The summed E-state index contributed by atoms with van der Waals surface area (Å²) in [5, 5.41) is 2.82. The molecule has 1 aliphatic rings. The Bertz CT molecular complexity index is 472. The van der Waals surface area contributed by atoms with Crippen LogP contribution in [0, 0.1) is 11.7 Å². The van der Waals surface area contributed by atoms with Crippen molar-refractivity contribution in [3.8, 4) is 0 Å². The van der Waals surface area contributed by atoms with E-state index in [1.54, 1.807) is 18.2 Å². The zero-order valence-electron chi connectivity index (χ0n) is 12.9. The Kier molecular flexibility index (Phi) is 5.74. The average molecular weight is 292 g/mol. The Morgan fingerprint density at radius 2 is 2.05 bits per heavy atom. The normalized spacial score (nSPS) is 17.1. The van der Waals surface area contributed by atoms with Gasteiger partial charge in [0.25, 0.3) is 0 Å². The SMILES string of the molecule is CC(C(=O)NCc1ccccc1F)N(C)CC1CCCC1. The van der Waals surface area contributed by atoms with Gasteiger partial charge in [-0.05, 0) is 38.8 Å². The predicted molar refractivity (Wildman–Crippen MR) is 82.3 cm³/mol. The number of carbonyl (C=O) groups excluding carboxylic acids is 1. The van der Waals surface area contributed by atoms with Gasteiger partial charge in [0.05, 0.1) is 6.04 Å². The van der Waals surface area contributed by atoms with Crippen LogP contribution in [-0.2, 0) is 11.3 Å². The number of hydrogen-bond donors (Lipinski definition) is 1. The van der Waals surface area contributed by atoms with Crippen molar-refractivity contribution in [2.45, 2.75) is 45.2 Å². The topological polar surface area (TPSA) is 32.3 Å². The number of halogens is 1. The van der Waals surface area contributed by atoms with Gasteiger partial charge in [0.15, 0.2) is 0 Å². The van der Waals surface area contributed by atoms with Crippen molar-refractivity contribution in [2.24, 2.45) is 5.92 Å². The predicted octanol–water partition coefficient (Wildman–Crippen LogP) is 2.95. The third-order valence-electron chi connectivity index (χ3n) is 4.47. The van der Waals surface area contributed by atoms with Gasteiger partial charge < -0.3 is 5.32 Å². The number of nitrogens with one attached hydrogen (secondary N) is 1. The summed E-state index contributed by atoms with van der Waals surface area (Å²) in [7, 11) is 1.99. The molecular weight excluding hydrogens is 267 g/mol. The number of rotatable bonds is 6. The molecule has 1 aromatic rings. The van der Waals surface area contributed by atoms with Crippen LogP contribution in [0.4, 0.5) is 4.39 Å². The van der Waals surface area contributed by atoms with E-state index in [4.69, 9.17) is 0 Å². The summed E-state index contributed by atoms with van der Waals surface area (Å²) in [5.41, 5.74) is 0.525. The van der Waals surface area contributed by atoms with Crippen LogP contribution in [0.5, 0.6) is 0 Å². The maximum absolute atomic E-state index is 13.5. The van der Waals surface area contributed by atoms with Gasteiger partial charge in [0.1, 0.15) is 5.82 Å². The first-order valence-corrected chi connectivity index (χ1v) is 7.79. The van der Waals surface area contributed by atoms with Gasteiger partial charge in [-0.15, -0.1) is 0 Å². The van der Waals surface area contributed by atoms with E-state index in [1.807, 2.05) is 14.0 Å². The van der Waals surface area contributed by atoms with Gasteiger partial charge in [-0.2, -0.15) is 0 Å². The van der Waals surface area contributed by atoms with Crippen LogP contribution in [-0.4, -0.2) is 30.4 Å². The van der Waals surface area contributed by atoms with Crippen molar-refractivity contribution >= 4 is 5.91 Å². The Hall–Kier alpha value is -1.42. The first-order chi connectivity index (χ1) is 10.1. The molecule has 0 radical (unpaired) electrons. The molecule has 1 amide bonds. The van der Waals surface area contributed by atoms with Crippen molar-refractivity contribution in [3.63, 3.8) is 0 Å². The van der Waals surface area contributed by atoms with Gasteiger partial charge in [-0.25, -0.2) is 4.39 Å². The van der Waals surface area contributed by atoms with Crippen LogP contribution in [0.1, 0.15) is 38.2 Å². The van der Waals surface area contributed by atoms with Gasteiger partial charge in [0, 0.05) is 18.7 Å². The summed E-state index contributed by atoms with van der Waals surface area (Å²) in [5.74, 6) is 0.403. The molecule has 21 heavy (non-hydrogen) atoms. The number of benzene rings is 1. The highest BCUT2D eigenvalue weighted by atomic mass is 19.1. The van der Waals surface area contributed by atoms with Crippen molar-refractivity contribution in [1.82, 2.24) is 10.2 Å². The lowest BCUT2D eigenvalue weighted by atomic mass is 10.1. The van der Waals surface area contributed by atoms with Gasteiger partial charge >= 0.3 is 0 Å². The fourth-order valence-corrected chi connectivity index (χ4v) is 2.93. The van der Waals surface area contributed by atoms with Crippen molar-refractivity contribution in [1.29, 1.82) is 0 Å². The molecular formula is C17H25FN2O. The molecule has 1 unspecified atom stereocenters. The minimum absolute atomic E-state index is 0.0428. The molecule has 1 fully saturated rings. The summed E-state index contributed by atoms with van der Waals surface area (Å²) >= 11 is 0. The molecule has 116 valence electrons. The van der Waals surface area contributed by atoms with Gasteiger partial charge in [0.2, 0.25) is 5.91 Å². The molecule has 1 N–H and O–H groups in total. The zero-order chi connectivity index (χ0) is 15.2. The summed E-state index contributed by atoms with van der Waals surface area (Å²) in [6.07, 6.45) is 5.17. The van der Waals surface area contributed by atoms with Crippen molar-refractivity contribution in [2.75, 3.05) is 13.6 Å². The van der Waals surface area contributed by atoms with Gasteiger partial charge in [-0.3, -0.25) is 9.69 Å². The molecule has 0 spiro atoms. The minimum Gasteiger partial charge on any atom is -0.351 e. The Morgan fingerprint density at radius 3 is 2.71 bits per heavy atom. The molecule has 1 saturated carbocycles. The standard InChI is InChI=1S/C17H25FN2O/c1-13(20(2)12-14-7-3-4-8-14)17(21)19-11-15-9-5-6-10-16(15)18/h5-6,9-10,13-14H,3-4,7-8,11-12H2,1-2H3,(H,19,21). The van der Waals surface area contributed by atoms with E-state index in [0.29, 0.717) is 5.56 Å². The second kappa shape index (κ2) is 7.55. The molecule has 2 rings (SSSR count). The van der Waals surface area contributed by atoms with Crippen molar-refractivity contribution < 1.29 is 9.18 Å².